The molecule has 136 valence electrons. The van der Waals surface area contributed by atoms with Gasteiger partial charge in [-0.15, -0.1) is 0 Å². The van der Waals surface area contributed by atoms with Crippen LogP contribution in [0.25, 0.3) is 0 Å². The maximum atomic E-state index is 12.8. The Hall–Kier alpha value is -2.34. The first-order chi connectivity index (χ1) is 12.8. The van der Waals surface area contributed by atoms with Gasteiger partial charge in [-0.2, -0.15) is 0 Å². The minimum Gasteiger partial charge on any atom is -0.494 e. The third kappa shape index (κ3) is 4.85. The summed E-state index contributed by atoms with van der Waals surface area (Å²) in [6.07, 6.45) is 5.73. The van der Waals surface area contributed by atoms with Crippen LogP contribution in [0.15, 0.2) is 53.8 Å². The molecule has 1 aliphatic rings. The lowest BCUT2D eigenvalue weighted by Crippen LogP contribution is -2.32. The number of pyridine rings is 1. The number of benzene rings is 1. The minimum atomic E-state index is -0.0138. The molecule has 6 heteroatoms. The highest BCUT2D eigenvalue weighted by Crippen LogP contribution is 2.22. The third-order valence-electron chi connectivity index (χ3n) is 4.01. The number of ether oxygens (including phenoxy) is 1. The van der Waals surface area contributed by atoms with E-state index in [1.54, 1.807) is 22.9 Å². The summed E-state index contributed by atoms with van der Waals surface area (Å²) in [7, 11) is 0. The van der Waals surface area contributed by atoms with Gasteiger partial charge in [0, 0.05) is 30.3 Å². The first-order valence-electron chi connectivity index (χ1n) is 8.89. The number of hydrogen-bond donors (Lipinski definition) is 0. The fourth-order valence-corrected chi connectivity index (χ4v) is 3.53. The van der Waals surface area contributed by atoms with Crippen molar-refractivity contribution in [1.29, 1.82) is 0 Å². The van der Waals surface area contributed by atoms with E-state index in [9.17, 15) is 4.79 Å². The fraction of sp³-hybridized carbons (Fsp3) is 0.350. The average Bonchev–Trinajstić information content (AvgIpc) is 3.16. The summed E-state index contributed by atoms with van der Waals surface area (Å²) < 4.78 is 5.66. The summed E-state index contributed by atoms with van der Waals surface area (Å²) >= 11 is 1.58. The smallest absolute Gasteiger partial charge is 0.259 e. The second-order valence-electron chi connectivity index (χ2n) is 6.00. The van der Waals surface area contributed by atoms with Crippen LogP contribution in [0.5, 0.6) is 5.75 Å². The van der Waals surface area contributed by atoms with Crippen LogP contribution in [0, 0.1) is 0 Å². The van der Waals surface area contributed by atoms with E-state index in [0.717, 1.165) is 35.1 Å². The largest absolute Gasteiger partial charge is 0.494 e. The van der Waals surface area contributed by atoms with Gasteiger partial charge in [0.25, 0.3) is 5.91 Å². The zero-order chi connectivity index (χ0) is 18.2. The highest BCUT2D eigenvalue weighted by molar-refractivity contribution is 8.13. The van der Waals surface area contributed by atoms with Gasteiger partial charge in [0.2, 0.25) is 0 Å². The van der Waals surface area contributed by atoms with Crippen molar-refractivity contribution in [2.45, 2.75) is 25.5 Å². The molecule has 5 nitrogen and oxygen atoms in total. The summed E-state index contributed by atoms with van der Waals surface area (Å²) in [5, 5.41) is 0.780. The fourth-order valence-electron chi connectivity index (χ4n) is 2.55. The Labute approximate surface area is 158 Å². The van der Waals surface area contributed by atoms with Gasteiger partial charge in [0.15, 0.2) is 5.17 Å². The van der Waals surface area contributed by atoms with Crippen molar-refractivity contribution in [3.05, 3.63) is 59.9 Å². The van der Waals surface area contributed by atoms with Gasteiger partial charge in [-0.3, -0.25) is 19.7 Å². The lowest BCUT2D eigenvalue weighted by atomic mass is 10.2. The standard InChI is InChI=1S/C20H23N3O2S/c1-2-3-13-25-18-8-6-17(7-9-18)19(24)23-12-11-22-20(23)26-15-16-5-4-10-21-14-16/h4-10,14H,2-3,11-13,15H2,1H3. The van der Waals surface area contributed by atoms with Crippen LogP contribution in [-0.4, -0.2) is 40.7 Å². The number of carbonyl (C=O) groups excluding carboxylic acids is 1. The average molecular weight is 369 g/mol. The predicted octanol–water partition coefficient (Wildman–Crippen LogP) is 4.01. The van der Waals surface area contributed by atoms with Gasteiger partial charge < -0.3 is 4.74 Å². The molecular weight excluding hydrogens is 346 g/mol. The van der Waals surface area contributed by atoms with E-state index in [0.29, 0.717) is 25.3 Å². The van der Waals surface area contributed by atoms with E-state index < -0.39 is 0 Å². The molecule has 0 saturated heterocycles. The van der Waals surface area contributed by atoms with Crippen molar-refractivity contribution in [3.8, 4) is 5.75 Å². The van der Waals surface area contributed by atoms with E-state index >= 15 is 0 Å². The van der Waals surface area contributed by atoms with Crippen LogP contribution < -0.4 is 4.74 Å². The van der Waals surface area contributed by atoms with Gasteiger partial charge in [-0.05, 0) is 42.3 Å². The molecule has 0 saturated carbocycles. The molecule has 0 bridgehead atoms. The topological polar surface area (TPSA) is 54.8 Å². The Morgan fingerprint density at radius 3 is 2.85 bits per heavy atom. The first-order valence-corrected chi connectivity index (χ1v) is 9.87. The maximum absolute atomic E-state index is 12.8. The number of amides is 1. The van der Waals surface area contributed by atoms with Gasteiger partial charge in [-0.25, -0.2) is 0 Å². The number of aliphatic imine (C=N–C) groups is 1. The van der Waals surface area contributed by atoms with Crippen LogP contribution in [0.2, 0.25) is 0 Å². The summed E-state index contributed by atoms with van der Waals surface area (Å²) in [4.78, 5) is 23.2. The first kappa shape index (κ1) is 18.5. The molecule has 0 unspecified atom stereocenters. The molecule has 0 spiro atoms. The third-order valence-corrected chi connectivity index (χ3v) is 5.09. The Kier molecular flexibility index (Phi) is 6.66. The molecule has 1 aromatic heterocycles. The van der Waals surface area contributed by atoms with Crippen molar-refractivity contribution in [1.82, 2.24) is 9.88 Å². The van der Waals surface area contributed by atoms with Gasteiger partial charge >= 0.3 is 0 Å². The lowest BCUT2D eigenvalue weighted by Gasteiger charge is -2.18. The van der Waals surface area contributed by atoms with Crippen molar-refractivity contribution in [3.63, 3.8) is 0 Å². The number of rotatable bonds is 7. The quantitative estimate of drug-likeness (QED) is 0.692. The van der Waals surface area contributed by atoms with Gasteiger partial charge in [0.1, 0.15) is 5.75 Å². The number of thioether (sulfide) groups is 1. The second-order valence-corrected chi connectivity index (χ2v) is 6.94. The molecule has 0 radical (unpaired) electrons. The van der Waals surface area contributed by atoms with E-state index in [2.05, 4.69) is 16.9 Å². The van der Waals surface area contributed by atoms with E-state index in [1.807, 2.05) is 42.6 Å². The van der Waals surface area contributed by atoms with E-state index in [1.165, 1.54) is 0 Å². The molecule has 0 fully saturated rings. The molecule has 2 heterocycles. The summed E-state index contributed by atoms with van der Waals surface area (Å²) in [5.74, 6) is 1.54. The molecule has 0 atom stereocenters. The van der Waals surface area contributed by atoms with E-state index in [4.69, 9.17) is 4.74 Å². The monoisotopic (exact) mass is 369 g/mol. The van der Waals surface area contributed by atoms with Gasteiger partial charge in [0.05, 0.1) is 13.2 Å². The van der Waals surface area contributed by atoms with Crippen LogP contribution in [0.3, 0.4) is 0 Å². The van der Waals surface area contributed by atoms with Gasteiger partial charge in [-0.1, -0.05) is 31.2 Å². The minimum absolute atomic E-state index is 0.0138. The van der Waals surface area contributed by atoms with Crippen molar-refractivity contribution < 1.29 is 9.53 Å². The van der Waals surface area contributed by atoms with Crippen LogP contribution in [0.4, 0.5) is 0 Å². The molecule has 1 aromatic carbocycles. The zero-order valence-electron chi connectivity index (χ0n) is 14.9. The Balaban J connectivity index is 1.58. The number of nitrogens with zero attached hydrogens (tertiary/aromatic N) is 3. The zero-order valence-corrected chi connectivity index (χ0v) is 15.7. The number of hydrogen-bond acceptors (Lipinski definition) is 5. The number of unbranched alkanes of at least 4 members (excludes halogenated alkanes) is 1. The Morgan fingerprint density at radius 1 is 1.27 bits per heavy atom. The van der Waals surface area contributed by atoms with Crippen LogP contribution >= 0.6 is 11.8 Å². The van der Waals surface area contributed by atoms with Crippen molar-refractivity contribution >= 4 is 22.8 Å². The van der Waals surface area contributed by atoms with Crippen molar-refractivity contribution in [2.24, 2.45) is 4.99 Å². The molecule has 26 heavy (non-hydrogen) atoms. The number of aromatic nitrogens is 1. The van der Waals surface area contributed by atoms with E-state index in [-0.39, 0.29) is 5.91 Å². The summed E-state index contributed by atoms with van der Waals surface area (Å²) in [5.41, 5.74) is 1.78. The normalized spacial score (nSPS) is 13.6. The molecule has 1 amide bonds. The molecule has 0 N–H and O–H groups in total. The maximum Gasteiger partial charge on any atom is 0.259 e. The van der Waals surface area contributed by atoms with Crippen LogP contribution in [-0.2, 0) is 5.75 Å². The molecule has 0 aliphatic carbocycles. The number of amidine groups is 1. The second kappa shape index (κ2) is 9.38. The van der Waals surface area contributed by atoms with Crippen LogP contribution in [0.1, 0.15) is 35.7 Å². The highest BCUT2D eigenvalue weighted by atomic mass is 32.2. The summed E-state index contributed by atoms with van der Waals surface area (Å²) in [6, 6.07) is 11.3. The molecule has 1 aliphatic heterocycles. The lowest BCUT2D eigenvalue weighted by molar-refractivity contribution is 0.0860. The predicted molar refractivity (Wildman–Crippen MR) is 106 cm³/mol. The molecular formula is C20H23N3O2S. The summed E-state index contributed by atoms with van der Waals surface area (Å²) in [6.45, 7) is 4.12. The van der Waals surface area contributed by atoms with Crippen molar-refractivity contribution in [2.75, 3.05) is 19.7 Å². The molecule has 2 aromatic rings. The SMILES string of the molecule is CCCCOc1ccc(C(=O)N2CCN=C2SCc2cccnc2)cc1. The Morgan fingerprint density at radius 2 is 2.12 bits per heavy atom. The highest BCUT2D eigenvalue weighted by Gasteiger charge is 2.25. The number of carbonyl (C=O) groups is 1. The Bertz CT molecular complexity index is 747. The molecule has 3 rings (SSSR count).